The average Bonchev–Trinajstić information content (AvgIpc) is 2.87. The van der Waals surface area contributed by atoms with Gasteiger partial charge in [0.1, 0.15) is 0 Å². The molecule has 0 spiro atoms. The first-order valence-corrected chi connectivity index (χ1v) is 6.60. The average molecular weight is 243 g/mol. The van der Waals surface area contributed by atoms with Gasteiger partial charge in [0.2, 0.25) is 0 Å². The Balaban J connectivity index is 1.91. The van der Waals surface area contributed by atoms with Gasteiger partial charge < -0.3 is 10.3 Å². The Labute approximate surface area is 109 Å². The van der Waals surface area contributed by atoms with E-state index < -0.39 is 0 Å². The molecule has 0 aliphatic carbocycles. The second kappa shape index (κ2) is 6.36. The molecular formula is C15H21N3. The maximum atomic E-state index is 6.10. The Morgan fingerprint density at radius 1 is 1.33 bits per heavy atom. The number of hydrogen-bond acceptors (Lipinski definition) is 2. The highest BCUT2D eigenvalue weighted by atomic mass is 14.9. The van der Waals surface area contributed by atoms with Crippen LogP contribution >= 0.6 is 0 Å². The zero-order chi connectivity index (χ0) is 12.8. The molecule has 2 N–H and O–H groups in total. The highest BCUT2D eigenvalue weighted by Crippen LogP contribution is 2.16. The molecular weight excluding hydrogens is 222 g/mol. The van der Waals surface area contributed by atoms with E-state index in [-0.39, 0.29) is 6.04 Å². The summed E-state index contributed by atoms with van der Waals surface area (Å²) in [6.07, 6.45) is 9.23. The summed E-state index contributed by atoms with van der Waals surface area (Å²) in [5.41, 5.74) is 8.46. The van der Waals surface area contributed by atoms with Gasteiger partial charge in [0, 0.05) is 43.3 Å². The largest absolute Gasteiger partial charge is 0.354 e. The molecule has 0 amide bonds. The van der Waals surface area contributed by atoms with Gasteiger partial charge in [-0.25, -0.2) is 0 Å². The van der Waals surface area contributed by atoms with Crippen molar-refractivity contribution in [1.29, 1.82) is 0 Å². The predicted molar refractivity (Wildman–Crippen MR) is 74.2 cm³/mol. The van der Waals surface area contributed by atoms with Gasteiger partial charge in [-0.15, -0.1) is 0 Å². The number of aryl methyl sites for hydroxylation is 2. The summed E-state index contributed by atoms with van der Waals surface area (Å²) in [4.78, 5) is 4.33. The van der Waals surface area contributed by atoms with E-state index in [1.165, 1.54) is 5.56 Å². The standard InChI is InChI=1S/C15H21N3/c1-2-5-15(16)13-7-10-18(12-13)11-8-14-6-3-4-9-17-14/h3-4,6-7,9-10,12,15H,2,5,8,11,16H2,1H3. The van der Waals surface area contributed by atoms with Crippen molar-refractivity contribution in [2.45, 2.75) is 38.8 Å². The Kier molecular flexibility index (Phi) is 4.53. The van der Waals surface area contributed by atoms with E-state index in [0.29, 0.717) is 0 Å². The van der Waals surface area contributed by atoms with Crippen LogP contribution in [0, 0.1) is 0 Å². The van der Waals surface area contributed by atoms with Crippen LogP contribution in [0.3, 0.4) is 0 Å². The molecule has 2 rings (SSSR count). The van der Waals surface area contributed by atoms with Crippen molar-refractivity contribution in [3.63, 3.8) is 0 Å². The minimum absolute atomic E-state index is 0.172. The van der Waals surface area contributed by atoms with Gasteiger partial charge in [0.05, 0.1) is 0 Å². The molecule has 96 valence electrons. The molecule has 0 aliphatic heterocycles. The first-order valence-electron chi connectivity index (χ1n) is 6.60. The van der Waals surface area contributed by atoms with E-state index in [1.54, 1.807) is 0 Å². The first-order chi connectivity index (χ1) is 8.79. The quantitative estimate of drug-likeness (QED) is 0.847. The molecule has 2 aromatic heterocycles. The lowest BCUT2D eigenvalue weighted by Gasteiger charge is -2.07. The predicted octanol–water partition coefficient (Wildman–Crippen LogP) is 2.93. The van der Waals surface area contributed by atoms with Gasteiger partial charge >= 0.3 is 0 Å². The summed E-state index contributed by atoms with van der Waals surface area (Å²) in [6, 6.07) is 8.33. The van der Waals surface area contributed by atoms with E-state index in [4.69, 9.17) is 5.73 Å². The van der Waals surface area contributed by atoms with Gasteiger partial charge in [0.15, 0.2) is 0 Å². The SMILES string of the molecule is CCCC(N)c1ccn(CCc2ccccn2)c1. The topological polar surface area (TPSA) is 43.8 Å². The Bertz CT molecular complexity index is 462. The molecule has 0 aromatic carbocycles. The molecule has 0 fully saturated rings. The van der Waals surface area contributed by atoms with Crippen LogP contribution < -0.4 is 5.73 Å². The van der Waals surface area contributed by atoms with Crippen LogP contribution in [-0.2, 0) is 13.0 Å². The first kappa shape index (κ1) is 12.8. The Hall–Kier alpha value is -1.61. The summed E-state index contributed by atoms with van der Waals surface area (Å²) in [7, 11) is 0. The molecule has 2 aromatic rings. The number of nitrogens with zero attached hydrogens (tertiary/aromatic N) is 2. The van der Waals surface area contributed by atoms with Crippen molar-refractivity contribution in [3.05, 3.63) is 54.1 Å². The van der Waals surface area contributed by atoms with E-state index in [1.807, 2.05) is 18.3 Å². The van der Waals surface area contributed by atoms with Crippen LogP contribution in [0.25, 0.3) is 0 Å². The lowest BCUT2D eigenvalue weighted by molar-refractivity contribution is 0.631. The molecule has 0 bridgehead atoms. The summed E-state index contributed by atoms with van der Waals surface area (Å²) >= 11 is 0. The zero-order valence-corrected chi connectivity index (χ0v) is 10.9. The van der Waals surface area contributed by atoms with Crippen LogP contribution in [0.5, 0.6) is 0 Å². The van der Waals surface area contributed by atoms with Crippen LogP contribution in [-0.4, -0.2) is 9.55 Å². The number of nitrogens with two attached hydrogens (primary N) is 1. The monoisotopic (exact) mass is 243 g/mol. The Morgan fingerprint density at radius 2 is 2.22 bits per heavy atom. The van der Waals surface area contributed by atoms with Crippen molar-refractivity contribution in [2.24, 2.45) is 5.73 Å². The molecule has 1 unspecified atom stereocenters. The zero-order valence-electron chi connectivity index (χ0n) is 10.9. The molecule has 2 heterocycles. The molecule has 1 atom stereocenters. The fourth-order valence-corrected chi connectivity index (χ4v) is 2.09. The summed E-state index contributed by atoms with van der Waals surface area (Å²) < 4.78 is 2.19. The van der Waals surface area contributed by atoms with Gasteiger partial charge in [-0.1, -0.05) is 19.4 Å². The van der Waals surface area contributed by atoms with Gasteiger partial charge in [0.25, 0.3) is 0 Å². The highest BCUT2D eigenvalue weighted by Gasteiger charge is 2.06. The lowest BCUT2D eigenvalue weighted by atomic mass is 10.1. The summed E-state index contributed by atoms with van der Waals surface area (Å²) in [6.45, 7) is 3.12. The maximum Gasteiger partial charge on any atom is 0.0421 e. The van der Waals surface area contributed by atoms with Gasteiger partial charge in [-0.2, -0.15) is 0 Å². The van der Waals surface area contributed by atoms with Crippen molar-refractivity contribution >= 4 is 0 Å². The molecule has 0 aliphatic rings. The van der Waals surface area contributed by atoms with Crippen molar-refractivity contribution < 1.29 is 0 Å². The second-order valence-electron chi connectivity index (χ2n) is 4.65. The van der Waals surface area contributed by atoms with E-state index in [2.05, 4.69) is 41.0 Å². The van der Waals surface area contributed by atoms with Gasteiger partial charge in [-0.05, 0) is 30.2 Å². The number of rotatable bonds is 6. The third kappa shape index (κ3) is 3.44. The Morgan fingerprint density at radius 3 is 2.94 bits per heavy atom. The third-order valence-corrected chi connectivity index (χ3v) is 3.15. The normalized spacial score (nSPS) is 12.6. The maximum absolute atomic E-state index is 6.10. The van der Waals surface area contributed by atoms with E-state index in [9.17, 15) is 0 Å². The van der Waals surface area contributed by atoms with E-state index in [0.717, 1.165) is 31.5 Å². The van der Waals surface area contributed by atoms with Crippen LogP contribution in [0.15, 0.2) is 42.9 Å². The van der Waals surface area contributed by atoms with Crippen LogP contribution in [0.2, 0.25) is 0 Å². The number of pyridine rings is 1. The molecule has 3 nitrogen and oxygen atoms in total. The molecule has 0 saturated carbocycles. The van der Waals surface area contributed by atoms with Crippen molar-refractivity contribution in [1.82, 2.24) is 9.55 Å². The fraction of sp³-hybridized carbons (Fsp3) is 0.400. The van der Waals surface area contributed by atoms with Crippen molar-refractivity contribution in [3.8, 4) is 0 Å². The fourth-order valence-electron chi connectivity index (χ4n) is 2.09. The van der Waals surface area contributed by atoms with E-state index >= 15 is 0 Å². The molecule has 18 heavy (non-hydrogen) atoms. The van der Waals surface area contributed by atoms with Crippen molar-refractivity contribution in [2.75, 3.05) is 0 Å². The lowest BCUT2D eigenvalue weighted by Crippen LogP contribution is -2.09. The molecule has 0 radical (unpaired) electrons. The van der Waals surface area contributed by atoms with Gasteiger partial charge in [-0.3, -0.25) is 4.98 Å². The minimum atomic E-state index is 0.172. The molecule has 0 saturated heterocycles. The summed E-state index contributed by atoms with van der Waals surface area (Å²) in [5.74, 6) is 0. The number of aromatic nitrogens is 2. The second-order valence-corrected chi connectivity index (χ2v) is 4.65. The number of hydrogen-bond donors (Lipinski definition) is 1. The molecule has 3 heteroatoms. The van der Waals surface area contributed by atoms with Crippen LogP contribution in [0.1, 0.15) is 37.1 Å². The third-order valence-electron chi connectivity index (χ3n) is 3.15. The van der Waals surface area contributed by atoms with Crippen LogP contribution in [0.4, 0.5) is 0 Å². The minimum Gasteiger partial charge on any atom is -0.354 e. The summed E-state index contributed by atoms with van der Waals surface area (Å²) in [5, 5.41) is 0. The smallest absolute Gasteiger partial charge is 0.0421 e. The highest BCUT2D eigenvalue weighted by molar-refractivity contribution is 5.15.